The smallest absolute Gasteiger partial charge is 0.242 e. The van der Waals surface area contributed by atoms with Crippen molar-refractivity contribution >= 4 is 29.9 Å². The van der Waals surface area contributed by atoms with Crippen LogP contribution in [0, 0.1) is 0 Å². The average Bonchev–Trinajstić information content (AvgIpc) is 1.93. The standard InChI is InChI=1S/C9H14BrNOSi/c1-13(2,3)12-9-5-4-7(10)6-8(9)11/h4-6H,11H2,1-3H3. The van der Waals surface area contributed by atoms with Gasteiger partial charge in [-0.25, -0.2) is 0 Å². The van der Waals surface area contributed by atoms with Gasteiger partial charge in [-0.3, -0.25) is 0 Å². The van der Waals surface area contributed by atoms with E-state index in [0.29, 0.717) is 5.69 Å². The van der Waals surface area contributed by atoms with E-state index < -0.39 is 8.32 Å². The number of nitrogens with two attached hydrogens (primary N) is 1. The molecule has 0 spiro atoms. The zero-order valence-corrected chi connectivity index (χ0v) is 10.7. The van der Waals surface area contributed by atoms with Gasteiger partial charge in [0.2, 0.25) is 8.32 Å². The number of halogens is 1. The Morgan fingerprint density at radius 2 is 1.92 bits per heavy atom. The fraction of sp³-hybridized carbons (Fsp3) is 0.333. The number of hydrogen-bond acceptors (Lipinski definition) is 2. The largest absolute Gasteiger partial charge is 0.543 e. The summed E-state index contributed by atoms with van der Waals surface area (Å²) < 4.78 is 6.76. The van der Waals surface area contributed by atoms with E-state index in [1.807, 2.05) is 18.2 Å². The van der Waals surface area contributed by atoms with E-state index in [-0.39, 0.29) is 0 Å². The van der Waals surface area contributed by atoms with Crippen LogP contribution in [0.5, 0.6) is 5.75 Å². The first-order chi connectivity index (χ1) is 5.88. The van der Waals surface area contributed by atoms with Gasteiger partial charge >= 0.3 is 0 Å². The van der Waals surface area contributed by atoms with Crippen LogP contribution < -0.4 is 10.2 Å². The molecule has 0 amide bonds. The van der Waals surface area contributed by atoms with Gasteiger partial charge in [0.1, 0.15) is 5.75 Å². The molecule has 0 radical (unpaired) electrons. The average molecular weight is 260 g/mol. The van der Waals surface area contributed by atoms with Gasteiger partial charge in [0.15, 0.2) is 0 Å². The third-order valence-corrected chi connectivity index (χ3v) is 2.71. The molecular weight excluding hydrogens is 246 g/mol. The first kappa shape index (κ1) is 10.6. The number of benzene rings is 1. The lowest BCUT2D eigenvalue weighted by molar-refractivity contribution is 0.560. The summed E-state index contributed by atoms with van der Waals surface area (Å²) in [6.07, 6.45) is 0. The molecule has 0 aliphatic carbocycles. The molecule has 1 aromatic rings. The lowest BCUT2D eigenvalue weighted by Gasteiger charge is -2.20. The van der Waals surface area contributed by atoms with Crippen LogP contribution in [0.25, 0.3) is 0 Å². The number of rotatable bonds is 2. The summed E-state index contributed by atoms with van der Waals surface area (Å²) in [5.41, 5.74) is 6.49. The maximum atomic E-state index is 5.80. The van der Waals surface area contributed by atoms with Crippen molar-refractivity contribution in [3.63, 3.8) is 0 Å². The van der Waals surface area contributed by atoms with Crippen LogP contribution in [-0.4, -0.2) is 8.32 Å². The molecule has 0 aromatic heterocycles. The SMILES string of the molecule is C[Si](C)(C)Oc1ccc(Br)cc1N. The lowest BCUT2D eigenvalue weighted by atomic mass is 10.3. The Morgan fingerprint density at radius 1 is 1.31 bits per heavy atom. The first-order valence-corrected chi connectivity index (χ1v) is 8.33. The van der Waals surface area contributed by atoms with Crippen molar-refractivity contribution in [2.75, 3.05) is 5.73 Å². The van der Waals surface area contributed by atoms with E-state index in [0.717, 1.165) is 10.2 Å². The molecule has 2 nitrogen and oxygen atoms in total. The van der Waals surface area contributed by atoms with Crippen molar-refractivity contribution < 1.29 is 4.43 Å². The van der Waals surface area contributed by atoms with Gasteiger partial charge < -0.3 is 10.2 Å². The molecule has 0 atom stereocenters. The first-order valence-electron chi connectivity index (χ1n) is 4.12. The van der Waals surface area contributed by atoms with Crippen LogP contribution in [0.4, 0.5) is 5.69 Å². The van der Waals surface area contributed by atoms with Gasteiger partial charge in [-0.05, 0) is 37.8 Å². The summed E-state index contributed by atoms with van der Waals surface area (Å²) >= 11 is 3.35. The van der Waals surface area contributed by atoms with Crippen molar-refractivity contribution in [2.24, 2.45) is 0 Å². The van der Waals surface area contributed by atoms with Crippen LogP contribution in [0.15, 0.2) is 22.7 Å². The minimum Gasteiger partial charge on any atom is -0.543 e. The fourth-order valence-electron chi connectivity index (χ4n) is 0.942. The molecule has 2 N–H and O–H groups in total. The Bertz CT molecular complexity index is 309. The third-order valence-electron chi connectivity index (χ3n) is 1.39. The second-order valence-electron chi connectivity index (χ2n) is 3.90. The molecule has 0 saturated heterocycles. The minimum absolute atomic E-state index is 0.691. The molecule has 72 valence electrons. The molecule has 1 rings (SSSR count). The molecule has 0 heterocycles. The second kappa shape index (κ2) is 3.72. The molecule has 0 aliphatic heterocycles. The van der Waals surface area contributed by atoms with Crippen LogP contribution >= 0.6 is 15.9 Å². The zero-order valence-electron chi connectivity index (χ0n) is 8.10. The molecule has 4 heteroatoms. The molecule has 13 heavy (non-hydrogen) atoms. The van der Waals surface area contributed by atoms with E-state index >= 15 is 0 Å². The van der Waals surface area contributed by atoms with E-state index in [2.05, 4.69) is 35.6 Å². The van der Waals surface area contributed by atoms with Gasteiger partial charge in [0.25, 0.3) is 0 Å². The van der Waals surface area contributed by atoms with Crippen LogP contribution in [0.1, 0.15) is 0 Å². The highest BCUT2D eigenvalue weighted by Crippen LogP contribution is 2.27. The molecule has 0 aliphatic rings. The van der Waals surface area contributed by atoms with Crippen molar-refractivity contribution in [1.82, 2.24) is 0 Å². The van der Waals surface area contributed by atoms with Crippen molar-refractivity contribution in [1.29, 1.82) is 0 Å². The van der Waals surface area contributed by atoms with E-state index in [4.69, 9.17) is 10.2 Å². The molecule has 0 bridgehead atoms. The molecular formula is C9H14BrNOSi. The van der Waals surface area contributed by atoms with E-state index in [9.17, 15) is 0 Å². The maximum absolute atomic E-state index is 5.80. The van der Waals surface area contributed by atoms with E-state index in [1.165, 1.54) is 0 Å². The fourth-order valence-corrected chi connectivity index (χ4v) is 2.17. The summed E-state index contributed by atoms with van der Waals surface area (Å²) in [5.74, 6) is 0.794. The number of nitrogen functional groups attached to an aromatic ring is 1. The monoisotopic (exact) mass is 259 g/mol. The second-order valence-corrected chi connectivity index (χ2v) is 9.24. The predicted octanol–water partition coefficient (Wildman–Crippen LogP) is 3.25. The quantitative estimate of drug-likeness (QED) is 0.654. The minimum atomic E-state index is -1.54. The van der Waals surface area contributed by atoms with Crippen LogP contribution in [0.3, 0.4) is 0 Å². The van der Waals surface area contributed by atoms with E-state index in [1.54, 1.807) is 0 Å². The summed E-state index contributed by atoms with van der Waals surface area (Å²) in [6.45, 7) is 6.40. The van der Waals surface area contributed by atoms with Crippen LogP contribution in [0.2, 0.25) is 19.6 Å². The molecule has 0 fully saturated rings. The lowest BCUT2D eigenvalue weighted by Crippen LogP contribution is -2.29. The molecule has 1 aromatic carbocycles. The van der Waals surface area contributed by atoms with Crippen molar-refractivity contribution in [3.8, 4) is 5.75 Å². The van der Waals surface area contributed by atoms with Gasteiger partial charge in [0, 0.05) is 4.47 Å². The summed E-state index contributed by atoms with van der Waals surface area (Å²) in [5, 5.41) is 0. The zero-order chi connectivity index (χ0) is 10.1. The topological polar surface area (TPSA) is 35.2 Å². The van der Waals surface area contributed by atoms with Gasteiger partial charge in [-0.2, -0.15) is 0 Å². The number of anilines is 1. The maximum Gasteiger partial charge on any atom is 0.242 e. The highest BCUT2D eigenvalue weighted by molar-refractivity contribution is 9.10. The van der Waals surface area contributed by atoms with Crippen molar-refractivity contribution in [2.45, 2.75) is 19.6 Å². The Balaban J connectivity index is 2.90. The molecule has 0 saturated carbocycles. The Kier molecular flexibility index (Phi) is 3.03. The van der Waals surface area contributed by atoms with Crippen molar-refractivity contribution in [3.05, 3.63) is 22.7 Å². The Hall–Kier alpha value is -0.483. The van der Waals surface area contributed by atoms with Gasteiger partial charge in [-0.1, -0.05) is 15.9 Å². The summed E-state index contributed by atoms with van der Waals surface area (Å²) in [6, 6.07) is 5.69. The predicted molar refractivity (Wildman–Crippen MR) is 62.5 cm³/mol. The highest BCUT2D eigenvalue weighted by Gasteiger charge is 2.17. The van der Waals surface area contributed by atoms with Crippen LogP contribution in [-0.2, 0) is 0 Å². The third kappa shape index (κ3) is 3.40. The number of hydrogen-bond donors (Lipinski definition) is 1. The molecule has 0 unspecified atom stereocenters. The highest BCUT2D eigenvalue weighted by atomic mass is 79.9. The normalized spacial score (nSPS) is 11.4. The van der Waals surface area contributed by atoms with Gasteiger partial charge in [0.05, 0.1) is 5.69 Å². The summed E-state index contributed by atoms with van der Waals surface area (Å²) in [4.78, 5) is 0. The Morgan fingerprint density at radius 3 is 2.38 bits per heavy atom. The van der Waals surface area contributed by atoms with Gasteiger partial charge in [-0.15, -0.1) is 0 Å². The summed E-state index contributed by atoms with van der Waals surface area (Å²) in [7, 11) is -1.54. The Labute approximate surface area is 88.4 Å².